The first kappa shape index (κ1) is 17.8. The van der Waals surface area contributed by atoms with E-state index in [1.807, 2.05) is 0 Å². The van der Waals surface area contributed by atoms with E-state index >= 15 is 0 Å². The average Bonchev–Trinajstić information content (AvgIpc) is 2.43. The molecule has 1 N–H and O–H groups in total. The molecule has 0 spiro atoms. The maximum atomic E-state index is 6.22. The van der Waals surface area contributed by atoms with Crippen LogP contribution >= 0.6 is 0 Å². The van der Waals surface area contributed by atoms with Crippen molar-refractivity contribution in [2.24, 2.45) is 0 Å². The molecule has 21 heavy (non-hydrogen) atoms. The van der Waals surface area contributed by atoms with Crippen LogP contribution in [-0.2, 0) is 4.74 Å². The van der Waals surface area contributed by atoms with Crippen LogP contribution in [0.3, 0.4) is 0 Å². The SMILES string of the molecule is CC/C=C(\OC(C)(C)C)C(NCCCC)c1ccccc1. The molecule has 0 fully saturated rings. The van der Waals surface area contributed by atoms with E-state index in [9.17, 15) is 0 Å². The molecule has 1 aromatic carbocycles. The van der Waals surface area contributed by atoms with Gasteiger partial charge in [0.2, 0.25) is 0 Å². The summed E-state index contributed by atoms with van der Waals surface area (Å²) in [6, 6.07) is 10.7. The number of unbranched alkanes of at least 4 members (excludes halogenated alkanes) is 1. The Bertz CT molecular complexity index is 417. The molecular weight excluding hydrogens is 258 g/mol. The molecule has 0 bridgehead atoms. The van der Waals surface area contributed by atoms with Crippen LogP contribution in [0.5, 0.6) is 0 Å². The zero-order valence-electron chi connectivity index (χ0n) is 14.3. The first-order chi connectivity index (χ1) is 9.98. The van der Waals surface area contributed by atoms with Crippen molar-refractivity contribution in [1.29, 1.82) is 0 Å². The lowest BCUT2D eigenvalue weighted by Gasteiger charge is -2.29. The van der Waals surface area contributed by atoms with Gasteiger partial charge in [-0.1, -0.05) is 50.6 Å². The third-order valence-electron chi connectivity index (χ3n) is 3.13. The molecule has 2 heteroatoms. The van der Waals surface area contributed by atoms with Crippen molar-refractivity contribution in [2.45, 2.75) is 65.5 Å². The molecule has 0 radical (unpaired) electrons. The number of allylic oxidation sites excluding steroid dienone is 1. The van der Waals surface area contributed by atoms with Crippen molar-refractivity contribution in [3.8, 4) is 0 Å². The van der Waals surface area contributed by atoms with Gasteiger partial charge in [0.25, 0.3) is 0 Å². The van der Waals surface area contributed by atoms with Crippen molar-refractivity contribution in [2.75, 3.05) is 6.54 Å². The van der Waals surface area contributed by atoms with Gasteiger partial charge in [0.05, 0.1) is 6.04 Å². The van der Waals surface area contributed by atoms with Gasteiger partial charge in [-0.3, -0.25) is 0 Å². The minimum atomic E-state index is -0.180. The molecule has 0 aromatic heterocycles. The highest BCUT2D eigenvalue weighted by Crippen LogP contribution is 2.27. The Balaban J connectivity index is 2.98. The highest BCUT2D eigenvalue weighted by Gasteiger charge is 2.22. The summed E-state index contributed by atoms with van der Waals surface area (Å²) in [6.07, 6.45) is 5.55. The molecule has 0 heterocycles. The molecule has 0 aliphatic rings. The van der Waals surface area contributed by atoms with E-state index < -0.39 is 0 Å². The molecule has 0 saturated heterocycles. The van der Waals surface area contributed by atoms with Gasteiger partial charge >= 0.3 is 0 Å². The Morgan fingerprint density at radius 1 is 1.19 bits per heavy atom. The normalized spacial score (nSPS) is 14.0. The Hall–Kier alpha value is -1.28. The molecular formula is C19H31NO. The third kappa shape index (κ3) is 6.81. The minimum Gasteiger partial charge on any atom is -0.491 e. The fourth-order valence-electron chi connectivity index (χ4n) is 2.22. The molecule has 1 atom stereocenters. The van der Waals surface area contributed by atoms with E-state index in [4.69, 9.17) is 4.74 Å². The Morgan fingerprint density at radius 3 is 2.38 bits per heavy atom. The molecule has 118 valence electrons. The summed E-state index contributed by atoms with van der Waals surface area (Å²) in [4.78, 5) is 0. The fourth-order valence-corrected chi connectivity index (χ4v) is 2.22. The number of hydrogen-bond acceptors (Lipinski definition) is 2. The van der Waals surface area contributed by atoms with E-state index in [0.29, 0.717) is 0 Å². The summed E-state index contributed by atoms with van der Waals surface area (Å²) in [6.45, 7) is 11.7. The molecule has 0 amide bonds. The van der Waals surface area contributed by atoms with Crippen LogP contribution in [0.15, 0.2) is 42.2 Å². The van der Waals surface area contributed by atoms with E-state index in [1.54, 1.807) is 0 Å². The van der Waals surface area contributed by atoms with Gasteiger partial charge in [-0.15, -0.1) is 0 Å². The van der Waals surface area contributed by atoms with Crippen LogP contribution < -0.4 is 5.32 Å². The first-order valence-corrected chi connectivity index (χ1v) is 8.15. The lowest BCUT2D eigenvalue weighted by Crippen LogP contribution is -2.29. The van der Waals surface area contributed by atoms with Gasteiger partial charge < -0.3 is 10.1 Å². The topological polar surface area (TPSA) is 21.3 Å². The van der Waals surface area contributed by atoms with Gasteiger partial charge in [0, 0.05) is 0 Å². The van der Waals surface area contributed by atoms with Gasteiger partial charge in [0.15, 0.2) is 0 Å². The summed E-state index contributed by atoms with van der Waals surface area (Å²) < 4.78 is 6.22. The number of benzene rings is 1. The van der Waals surface area contributed by atoms with Crippen LogP contribution in [-0.4, -0.2) is 12.1 Å². The highest BCUT2D eigenvalue weighted by atomic mass is 16.5. The molecule has 2 nitrogen and oxygen atoms in total. The number of rotatable bonds is 8. The largest absolute Gasteiger partial charge is 0.491 e. The first-order valence-electron chi connectivity index (χ1n) is 8.15. The van der Waals surface area contributed by atoms with Crippen molar-refractivity contribution < 1.29 is 4.74 Å². The van der Waals surface area contributed by atoms with Gasteiger partial charge in [-0.25, -0.2) is 0 Å². The van der Waals surface area contributed by atoms with E-state index in [-0.39, 0.29) is 11.6 Å². The van der Waals surface area contributed by atoms with E-state index in [2.05, 4.69) is 76.3 Å². The quantitative estimate of drug-likeness (QED) is 0.523. The zero-order valence-corrected chi connectivity index (χ0v) is 14.3. The van der Waals surface area contributed by atoms with Crippen molar-refractivity contribution in [3.05, 3.63) is 47.7 Å². The standard InChI is InChI=1S/C19H31NO/c1-6-8-15-20-18(16-13-10-9-11-14-16)17(12-7-2)21-19(3,4)5/h9-14,18,20H,6-8,15H2,1-5H3/b17-12-. The summed E-state index contributed by atoms with van der Waals surface area (Å²) in [5.41, 5.74) is 1.08. The van der Waals surface area contributed by atoms with Crippen LogP contribution in [0, 0.1) is 0 Å². The van der Waals surface area contributed by atoms with Crippen LogP contribution in [0.25, 0.3) is 0 Å². The second-order valence-corrected chi connectivity index (χ2v) is 6.38. The Labute approximate surface area is 130 Å². The molecule has 0 aliphatic carbocycles. The van der Waals surface area contributed by atoms with Gasteiger partial charge in [0.1, 0.15) is 11.4 Å². The number of nitrogens with one attached hydrogen (secondary N) is 1. The minimum absolute atomic E-state index is 0.136. The van der Waals surface area contributed by atoms with Crippen molar-refractivity contribution >= 4 is 0 Å². The predicted octanol–water partition coefficient (Wildman–Crippen LogP) is 5.23. The summed E-state index contributed by atoms with van der Waals surface area (Å²) in [5, 5.41) is 3.65. The van der Waals surface area contributed by atoms with Crippen molar-refractivity contribution in [1.82, 2.24) is 5.32 Å². The fraction of sp³-hybridized carbons (Fsp3) is 0.579. The number of ether oxygens (including phenoxy) is 1. The van der Waals surface area contributed by atoms with E-state index in [1.165, 1.54) is 18.4 Å². The van der Waals surface area contributed by atoms with Crippen LogP contribution in [0.4, 0.5) is 0 Å². The average molecular weight is 289 g/mol. The summed E-state index contributed by atoms with van der Waals surface area (Å²) in [5.74, 6) is 1.03. The molecule has 1 aromatic rings. The smallest absolute Gasteiger partial charge is 0.114 e. The zero-order chi connectivity index (χ0) is 15.7. The lowest BCUT2D eigenvalue weighted by molar-refractivity contribution is 0.0382. The highest BCUT2D eigenvalue weighted by molar-refractivity contribution is 5.26. The lowest BCUT2D eigenvalue weighted by atomic mass is 10.0. The van der Waals surface area contributed by atoms with E-state index in [0.717, 1.165) is 18.7 Å². The number of hydrogen-bond donors (Lipinski definition) is 1. The Morgan fingerprint density at radius 2 is 1.86 bits per heavy atom. The summed E-state index contributed by atoms with van der Waals surface area (Å²) >= 11 is 0. The molecule has 0 saturated carbocycles. The third-order valence-corrected chi connectivity index (χ3v) is 3.13. The monoisotopic (exact) mass is 289 g/mol. The van der Waals surface area contributed by atoms with Gasteiger partial charge in [-0.05, 0) is 51.8 Å². The maximum absolute atomic E-state index is 6.22. The van der Waals surface area contributed by atoms with Crippen LogP contribution in [0.2, 0.25) is 0 Å². The van der Waals surface area contributed by atoms with Crippen LogP contribution in [0.1, 0.15) is 65.5 Å². The van der Waals surface area contributed by atoms with Crippen molar-refractivity contribution in [3.63, 3.8) is 0 Å². The van der Waals surface area contributed by atoms with Gasteiger partial charge in [-0.2, -0.15) is 0 Å². The molecule has 0 aliphatic heterocycles. The summed E-state index contributed by atoms with van der Waals surface area (Å²) in [7, 11) is 0. The molecule has 1 rings (SSSR count). The maximum Gasteiger partial charge on any atom is 0.114 e. The second-order valence-electron chi connectivity index (χ2n) is 6.38. The predicted molar refractivity (Wildman–Crippen MR) is 91.3 cm³/mol. The molecule has 1 unspecified atom stereocenters. The Kier molecular flexibility index (Phi) is 7.52. The second kappa shape index (κ2) is 8.89.